The fourth-order valence-corrected chi connectivity index (χ4v) is 6.03. The van der Waals surface area contributed by atoms with Gasteiger partial charge in [-0.15, -0.1) is 0 Å². The highest BCUT2D eigenvalue weighted by Gasteiger charge is 2.29. The molecule has 0 aromatic heterocycles. The van der Waals surface area contributed by atoms with Crippen LogP contribution in [0.25, 0.3) is 0 Å². The van der Waals surface area contributed by atoms with Crippen molar-refractivity contribution in [3.05, 3.63) is 99.0 Å². The maximum atomic E-state index is 13.7. The SMILES string of the molecule is Cc1cc(C)c(S(=O)(=O)N(CCc2ccccc2)CC(=O)N/N=C/c2ccccc2Br)c(C)c1. The summed E-state index contributed by atoms with van der Waals surface area (Å²) in [5.41, 5.74) is 6.55. The first-order valence-electron chi connectivity index (χ1n) is 10.9. The number of carbonyl (C=O) groups is 1. The molecule has 0 aliphatic rings. The van der Waals surface area contributed by atoms with Crippen molar-refractivity contribution in [1.29, 1.82) is 0 Å². The molecule has 1 amide bonds. The highest BCUT2D eigenvalue weighted by molar-refractivity contribution is 9.10. The first-order valence-corrected chi connectivity index (χ1v) is 13.1. The van der Waals surface area contributed by atoms with E-state index in [1.165, 1.54) is 10.5 Å². The molecule has 0 saturated heterocycles. The van der Waals surface area contributed by atoms with Crippen LogP contribution in [0.15, 0.2) is 81.2 Å². The zero-order valence-corrected chi connectivity index (χ0v) is 21.9. The molecule has 0 aliphatic heterocycles. The van der Waals surface area contributed by atoms with E-state index in [1.807, 2.05) is 73.7 Å². The van der Waals surface area contributed by atoms with Gasteiger partial charge in [0.15, 0.2) is 0 Å². The van der Waals surface area contributed by atoms with E-state index in [9.17, 15) is 13.2 Å². The summed E-state index contributed by atoms with van der Waals surface area (Å²) in [6.07, 6.45) is 2.00. The average Bonchev–Trinajstić information content (AvgIpc) is 2.77. The third kappa shape index (κ3) is 6.62. The molecular weight excluding hydrogens is 514 g/mol. The van der Waals surface area contributed by atoms with E-state index in [2.05, 4.69) is 26.5 Å². The maximum Gasteiger partial charge on any atom is 0.255 e. The van der Waals surface area contributed by atoms with Crippen LogP contribution in [-0.4, -0.2) is 37.9 Å². The second-order valence-corrected chi connectivity index (χ2v) is 10.8. The highest BCUT2D eigenvalue weighted by atomic mass is 79.9. The lowest BCUT2D eigenvalue weighted by Crippen LogP contribution is -2.41. The van der Waals surface area contributed by atoms with E-state index < -0.39 is 15.9 Å². The summed E-state index contributed by atoms with van der Waals surface area (Å²) < 4.78 is 29.4. The van der Waals surface area contributed by atoms with Gasteiger partial charge in [-0.1, -0.05) is 82.2 Å². The first-order chi connectivity index (χ1) is 16.2. The standard InChI is InChI=1S/C26H28BrN3O3S/c1-19-15-20(2)26(21(3)16-19)34(32,33)30(14-13-22-9-5-4-6-10-22)18-25(31)29-28-17-23-11-7-8-12-24(23)27/h4-12,15-17H,13-14,18H2,1-3H3,(H,29,31)/b28-17+. The fraction of sp³-hybridized carbons (Fsp3) is 0.231. The monoisotopic (exact) mass is 541 g/mol. The van der Waals surface area contributed by atoms with Crippen LogP contribution >= 0.6 is 15.9 Å². The number of benzene rings is 3. The zero-order chi connectivity index (χ0) is 24.7. The van der Waals surface area contributed by atoms with Crippen molar-refractivity contribution < 1.29 is 13.2 Å². The van der Waals surface area contributed by atoms with Crippen LogP contribution in [0.1, 0.15) is 27.8 Å². The van der Waals surface area contributed by atoms with Gasteiger partial charge in [-0.2, -0.15) is 9.41 Å². The van der Waals surface area contributed by atoms with E-state index >= 15 is 0 Å². The van der Waals surface area contributed by atoms with Crippen molar-refractivity contribution in [3.8, 4) is 0 Å². The molecule has 3 aromatic carbocycles. The molecule has 8 heteroatoms. The number of sulfonamides is 1. The molecule has 34 heavy (non-hydrogen) atoms. The normalized spacial score (nSPS) is 11.8. The van der Waals surface area contributed by atoms with E-state index in [0.717, 1.165) is 21.2 Å². The molecule has 6 nitrogen and oxygen atoms in total. The van der Waals surface area contributed by atoms with E-state index in [1.54, 1.807) is 13.8 Å². The second-order valence-electron chi connectivity index (χ2n) is 8.12. The Bertz CT molecular complexity index is 1270. The second kappa shape index (κ2) is 11.6. The van der Waals surface area contributed by atoms with Gasteiger partial charge < -0.3 is 0 Å². The van der Waals surface area contributed by atoms with E-state index in [4.69, 9.17) is 0 Å². The number of carbonyl (C=O) groups excluding carboxylic acids is 1. The predicted molar refractivity (Wildman–Crippen MR) is 139 cm³/mol. The lowest BCUT2D eigenvalue weighted by Gasteiger charge is -2.24. The van der Waals surface area contributed by atoms with Crippen molar-refractivity contribution in [2.24, 2.45) is 5.10 Å². The largest absolute Gasteiger partial charge is 0.272 e. The molecule has 0 saturated carbocycles. The Morgan fingerprint density at radius 2 is 1.62 bits per heavy atom. The Morgan fingerprint density at radius 3 is 2.26 bits per heavy atom. The molecule has 0 radical (unpaired) electrons. The third-order valence-corrected chi connectivity index (χ3v) is 8.19. The first kappa shape index (κ1) is 25.8. The molecule has 3 aromatic rings. The molecule has 0 fully saturated rings. The summed E-state index contributed by atoms with van der Waals surface area (Å²) in [5, 5.41) is 4.00. The number of nitrogens with one attached hydrogen (secondary N) is 1. The highest BCUT2D eigenvalue weighted by Crippen LogP contribution is 2.25. The average molecular weight is 542 g/mol. The molecule has 1 N–H and O–H groups in total. The van der Waals surface area contributed by atoms with Crippen molar-refractivity contribution in [2.75, 3.05) is 13.1 Å². The van der Waals surface area contributed by atoms with Crippen LogP contribution < -0.4 is 5.43 Å². The van der Waals surface area contributed by atoms with Gasteiger partial charge in [-0.25, -0.2) is 13.8 Å². The quantitative estimate of drug-likeness (QED) is 0.313. The zero-order valence-electron chi connectivity index (χ0n) is 19.5. The lowest BCUT2D eigenvalue weighted by atomic mass is 10.1. The van der Waals surface area contributed by atoms with Crippen LogP contribution in [-0.2, 0) is 21.2 Å². The van der Waals surface area contributed by atoms with Gasteiger partial charge in [-0.3, -0.25) is 4.79 Å². The summed E-state index contributed by atoms with van der Waals surface area (Å²) in [4.78, 5) is 12.9. The Kier molecular flexibility index (Phi) is 8.77. The van der Waals surface area contributed by atoms with Crippen molar-refractivity contribution in [3.63, 3.8) is 0 Å². The summed E-state index contributed by atoms with van der Waals surface area (Å²) in [6.45, 7) is 5.32. The van der Waals surface area contributed by atoms with Crippen LogP contribution in [0.2, 0.25) is 0 Å². The fourth-order valence-electron chi connectivity index (χ4n) is 3.83. The third-order valence-electron chi connectivity index (χ3n) is 5.31. The Hall–Kier alpha value is -2.81. The predicted octanol–water partition coefficient (Wildman–Crippen LogP) is 4.76. The molecule has 0 unspecified atom stereocenters. The van der Waals surface area contributed by atoms with E-state index in [0.29, 0.717) is 17.5 Å². The van der Waals surface area contributed by atoms with Crippen LogP contribution in [0, 0.1) is 20.8 Å². The Morgan fingerprint density at radius 1 is 1.00 bits per heavy atom. The van der Waals surface area contributed by atoms with Crippen LogP contribution in [0.5, 0.6) is 0 Å². The number of hydrazone groups is 1. The molecule has 0 atom stereocenters. The smallest absolute Gasteiger partial charge is 0.255 e. The number of hydrogen-bond donors (Lipinski definition) is 1. The molecule has 3 rings (SSSR count). The van der Waals surface area contributed by atoms with Gasteiger partial charge >= 0.3 is 0 Å². The van der Waals surface area contributed by atoms with Crippen LogP contribution in [0.4, 0.5) is 0 Å². The number of aryl methyl sites for hydroxylation is 3. The van der Waals surface area contributed by atoms with Gasteiger partial charge in [0.25, 0.3) is 5.91 Å². The van der Waals surface area contributed by atoms with Crippen molar-refractivity contribution in [2.45, 2.75) is 32.1 Å². The van der Waals surface area contributed by atoms with Gasteiger partial charge in [0.1, 0.15) is 0 Å². The number of halogens is 1. The summed E-state index contributed by atoms with van der Waals surface area (Å²) in [7, 11) is -3.92. The maximum absolute atomic E-state index is 13.7. The lowest BCUT2D eigenvalue weighted by molar-refractivity contribution is -0.121. The molecule has 0 spiro atoms. The van der Waals surface area contributed by atoms with Crippen molar-refractivity contribution in [1.82, 2.24) is 9.73 Å². The molecule has 178 valence electrons. The number of rotatable bonds is 9. The van der Waals surface area contributed by atoms with Gasteiger partial charge in [0.05, 0.1) is 17.7 Å². The summed E-state index contributed by atoms with van der Waals surface area (Å²) in [5.74, 6) is -0.512. The molecule has 0 aliphatic carbocycles. The van der Waals surface area contributed by atoms with Gasteiger partial charge in [-0.05, 0) is 49.9 Å². The Balaban J connectivity index is 1.83. The number of nitrogens with zero attached hydrogens (tertiary/aromatic N) is 2. The minimum Gasteiger partial charge on any atom is -0.272 e. The van der Waals surface area contributed by atoms with Gasteiger partial charge in [0.2, 0.25) is 10.0 Å². The van der Waals surface area contributed by atoms with Crippen molar-refractivity contribution >= 4 is 38.1 Å². The molecule has 0 bridgehead atoms. The summed E-state index contributed by atoms with van der Waals surface area (Å²) >= 11 is 3.43. The van der Waals surface area contributed by atoms with Crippen LogP contribution in [0.3, 0.4) is 0 Å². The number of amides is 1. The van der Waals surface area contributed by atoms with E-state index in [-0.39, 0.29) is 18.0 Å². The Labute approximate surface area is 209 Å². The minimum absolute atomic E-state index is 0.167. The van der Waals surface area contributed by atoms with Gasteiger partial charge in [0, 0.05) is 16.6 Å². The summed E-state index contributed by atoms with van der Waals surface area (Å²) in [6, 6.07) is 20.7. The number of hydrogen-bond acceptors (Lipinski definition) is 4. The topological polar surface area (TPSA) is 78.8 Å². The minimum atomic E-state index is -3.92. The molecular formula is C26H28BrN3O3S. The molecule has 0 heterocycles.